The summed E-state index contributed by atoms with van der Waals surface area (Å²) >= 11 is 5.77. The third-order valence-electron chi connectivity index (χ3n) is 4.39. The van der Waals surface area contributed by atoms with Crippen LogP contribution in [0.15, 0.2) is 18.2 Å². The van der Waals surface area contributed by atoms with Gasteiger partial charge >= 0.3 is 0 Å². The summed E-state index contributed by atoms with van der Waals surface area (Å²) in [4.78, 5) is 14.1. The van der Waals surface area contributed by atoms with E-state index in [0.29, 0.717) is 24.5 Å². The second-order valence-electron chi connectivity index (χ2n) is 6.30. The van der Waals surface area contributed by atoms with Gasteiger partial charge in [0.25, 0.3) is 5.91 Å². The molecule has 4 nitrogen and oxygen atoms in total. The highest BCUT2D eigenvalue weighted by molar-refractivity contribution is 6.30. The van der Waals surface area contributed by atoms with Gasteiger partial charge < -0.3 is 15.1 Å². The number of hydrogen-bond acceptors (Lipinski definition) is 3. The fraction of sp³-hybridized carbons (Fsp3) is 0.533. The number of carbonyl (C=O) groups is 1. The summed E-state index contributed by atoms with van der Waals surface area (Å²) in [6, 6.07) is 4.47. The van der Waals surface area contributed by atoms with Crippen molar-refractivity contribution in [1.29, 1.82) is 0 Å². The van der Waals surface area contributed by atoms with Crippen LogP contribution >= 0.6 is 11.6 Å². The van der Waals surface area contributed by atoms with Crippen LogP contribution in [0, 0.1) is 5.41 Å². The molecule has 1 aromatic carbocycles. The van der Waals surface area contributed by atoms with Crippen LogP contribution in [0.25, 0.3) is 0 Å². The number of piperidine rings is 1. The number of phenolic OH excluding ortho intramolecular Hbond substituents is 1. The molecule has 20 heavy (non-hydrogen) atoms. The molecule has 1 heterocycles. The number of phenols is 1. The predicted octanol–water partition coefficient (Wildman–Crippen LogP) is 2.67. The first-order valence-electron chi connectivity index (χ1n) is 6.64. The molecular weight excluding hydrogens is 278 g/mol. The first-order valence-corrected chi connectivity index (χ1v) is 7.02. The lowest BCUT2D eigenvalue weighted by molar-refractivity contribution is -0.0971. The molecule has 1 aliphatic heterocycles. The van der Waals surface area contributed by atoms with Crippen LogP contribution in [-0.2, 0) is 0 Å². The Balaban J connectivity index is 2.23. The van der Waals surface area contributed by atoms with Crippen LogP contribution in [0.3, 0.4) is 0 Å². The highest BCUT2D eigenvalue weighted by atomic mass is 35.5. The van der Waals surface area contributed by atoms with Crippen LogP contribution in [0.2, 0.25) is 5.02 Å². The molecule has 1 saturated heterocycles. The summed E-state index contributed by atoms with van der Waals surface area (Å²) in [7, 11) is 0. The zero-order chi connectivity index (χ0) is 15.1. The highest BCUT2D eigenvalue weighted by Gasteiger charge is 2.45. The molecular formula is C15H20ClNO3. The van der Waals surface area contributed by atoms with E-state index in [0.717, 1.165) is 0 Å². The average Bonchev–Trinajstić information content (AvgIpc) is 2.32. The molecule has 0 saturated carbocycles. The molecule has 1 amide bonds. The second kappa shape index (κ2) is 4.93. The number of rotatable bonds is 1. The van der Waals surface area contributed by atoms with Crippen molar-refractivity contribution in [3.63, 3.8) is 0 Å². The Morgan fingerprint density at radius 2 is 2.00 bits per heavy atom. The summed E-state index contributed by atoms with van der Waals surface area (Å²) in [5.74, 6) is -0.347. The fourth-order valence-corrected chi connectivity index (χ4v) is 2.61. The van der Waals surface area contributed by atoms with Crippen LogP contribution in [0.5, 0.6) is 5.75 Å². The standard InChI is InChI=1S/C15H20ClNO3/c1-14(2)9-17(7-6-15(14,3)20)13(19)11-5-4-10(16)8-12(11)18/h4-5,8,18,20H,6-7,9H2,1-3H3/t15-/m1/s1. The van der Waals surface area contributed by atoms with Crippen molar-refractivity contribution < 1.29 is 15.0 Å². The summed E-state index contributed by atoms with van der Waals surface area (Å²) in [6.07, 6.45) is 0.514. The molecule has 0 spiro atoms. The lowest BCUT2D eigenvalue weighted by Gasteiger charge is -2.48. The molecule has 0 aromatic heterocycles. The molecule has 0 unspecified atom stereocenters. The Morgan fingerprint density at radius 3 is 2.55 bits per heavy atom. The molecule has 1 atom stereocenters. The zero-order valence-corrected chi connectivity index (χ0v) is 12.7. The number of likely N-dealkylation sites (tertiary alicyclic amines) is 1. The molecule has 0 aliphatic carbocycles. The smallest absolute Gasteiger partial charge is 0.257 e. The van der Waals surface area contributed by atoms with E-state index in [1.165, 1.54) is 12.1 Å². The van der Waals surface area contributed by atoms with Gasteiger partial charge in [-0.3, -0.25) is 4.79 Å². The maximum absolute atomic E-state index is 12.5. The van der Waals surface area contributed by atoms with Crippen LogP contribution in [0.4, 0.5) is 0 Å². The molecule has 1 fully saturated rings. The number of carbonyl (C=O) groups excluding carboxylic acids is 1. The van der Waals surface area contributed by atoms with Crippen LogP contribution in [-0.4, -0.2) is 39.7 Å². The van der Waals surface area contributed by atoms with Gasteiger partial charge in [-0.2, -0.15) is 0 Å². The summed E-state index contributed by atoms with van der Waals surface area (Å²) < 4.78 is 0. The van der Waals surface area contributed by atoms with Gasteiger partial charge in [0.1, 0.15) is 5.75 Å². The SMILES string of the molecule is CC1(C)CN(C(=O)c2ccc(Cl)cc2O)CC[C@@]1(C)O. The largest absolute Gasteiger partial charge is 0.507 e. The maximum atomic E-state index is 12.5. The molecule has 1 aromatic rings. The topological polar surface area (TPSA) is 60.8 Å². The average molecular weight is 298 g/mol. The predicted molar refractivity (Wildman–Crippen MR) is 78.0 cm³/mol. The van der Waals surface area contributed by atoms with Crippen molar-refractivity contribution in [2.75, 3.05) is 13.1 Å². The van der Waals surface area contributed by atoms with Gasteiger partial charge in [-0.25, -0.2) is 0 Å². The lowest BCUT2D eigenvalue weighted by atomic mass is 9.71. The minimum absolute atomic E-state index is 0.113. The Labute approximate surface area is 124 Å². The van der Waals surface area contributed by atoms with Crippen molar-refractivity contribution >= 4 is 17.5 Å². The van der Waals surface area contributed by atoms with Gasteiger partial charge in [0.2, 0.25) is 0 Å². The van der Waals surface area contributed by atoms with E-state index in [1.54, 1.807) is 17.9 Å². The number of halogens is 1. The Morgan fingerprint density at radius 1 is 1.35 bits per heavy atom. The van der Waals surface area contributed by atoms with Crippen molar-refractivity contribution in [2.24, 2.45) is 5.41 Å². The molecule has 1 aliphatic rings. The second-order valence-corrected chi connectivity index (χ2v) is 6.73. The first kappa shape index (κ1) is 15.1. The van der Waals surface area contributed by atoms with Gasteiger partial charge in [0.05, 0.1) is 11.2 Å². The summed E-state index contributed by atoms with van der Waals surface area (Å²) in [5, 5.41) is 20.6. The van der Waals surface area contributed by atoms with E-state index in [4.69, 9.17) is 11.6 Å². The van der Waals surface area contributed by atoms with Gasteiger partial charge in [-0.1, -0.05) is 25.4 Å². The van der Waals surface area contributed by atoms with Crippen LogP contribution < -0.4 is 0 Å². The number of nitrogens with zero attached hydrogens (tertiary/aromatic N) is 1. The number of aliphatic hydroxyl groups is 1. The van der Waals surface area contributed by atoms with Crippen LogP contribution in [0.1, 0.15) is 37.6 Å². The third kappa shape index (κ3) is 2.63. The minimum atomic E-state index is -0.800. The van der Waals surface area contributed by atoms with E-state index in [9.17, 15) is 15.0 Å². The van der Waals surface area contributed by atoms with E-state index in [2.05, 4.69) is 0 Å². The van der Waals surface area contributed by atoms with Gasteiger partial charge in [-0.15, -0.1) is 0 Å². The quantitative estimate of drug-likeness (QED) is 0.838. The molecule has 0 bridgehead atoms. The Kier molecular flexibility index (Phi) is 3.73. The van der Waals surface area contributed by atoms with Crippen molar-refractivity contribution in [2.45, 2.75) is 32.8 Å². The number of amides is 1. The molecule has 110 valence electrons. The molecule has 2 N–H and O–H groups in total. The maximum Gasteiger partial charge on any atom is 0.257 e. The van der Waals surface area contributed by atoms with Crippen molar-refractivity contribution in [1.82, 2.24) is 4.90 Å². The lowest BCUT2D eigenvalue weighted by Crippen LogP contribution is -2.57. The number of hydrogen-bond donors (Lipinski definition) is 2. The van der Waals surface area contributed by atoms with Crippen molar-refractivity contribution in [3.05, 3.63) is 28.8 Å². The molecule has 2 rings (SSSR count). The van der Waals surface area contributed by atoms with Gasteiger partial charge in [0.15, 0.2) is 0 Å². The van der Waals surface area contributed by atoms with E-state index in [-0.39, 0.29) is 17.2 Å². The number of benzene rings is 1. The monoisotopic (exact) mass is 297 g/mol. The zero-order valence-electron chi connectivity index (χ0n) is 12.0. The van der Waals surface area contributed by atoms with E-state index in [1.807, 2.05) is 13.8 Å². The fourth-order valence-electron chi connectivity index (χ4n) is 2.45. The normalized spacial score (nSPS) is 25.6. The van der Waals surface area contributed by atoms with Gasteiger partial charge in [0, 0.05) is 23.5 Å². The summed E-state index contributed by atoms with van der Waals surface area (Å²) in [5.41, 5.74) is -0.957. The van der Waals surface area contributed by atoms with Crippen molar-refractivity contribution in [3.8, 4) is 5.75 Å². The highest BCUT2D eigenvalue weighted by Crippen LogP contribution is 2.39. The summed E-state index contributed by atoms with van der Waals surface area (Å²) in [6.45, 7) is 6.59. The number of aromatic hydroxyl groups is 1. The molecule has 0 radical (unpaired) electrons. The van der Waals surface area contributed by atoms with Gasteiger partial charge in [-0.05, 0) is 31.5 Å². The van der Waals surface area contributed by atoms with E-state index >= 15 is 0 Å². The first-order chi connectivity index (χ1) is 9.14. The Hall–Kier alpha value is -1.26. The molecule has 5 heteroatoms. The third-order valence-corrected chi connectivity index (χ3v) is 4.63. The minimum Gasteiger partial charge on any atom is -0.507 e. The van der Waals surface area contributed by atoms with E-state index < -0.39 is 11.0 Å². The Bertz CT molecular complexity index is 540.